The van der Waals surface area contributed by atoms with Gasteiger partial charge in [0.05, 0.1) is 5.69 Å². The van der Waals surface area contributed by atoms with Crippen LogP contribution in [0.5, 0.6) is 0 Å². The summed E-state index contributed by atoms with van der Waals surface area (Å²) >= 11 is 6.27. The first-order chi connectivity index (χ1) is 11.9. The summed E-state index contributed by atoms with van der Waals surface area (Å²) < 4.78 is 0. The van der Waals surface area contributed by atoms with E-state index in [1.807, 2.05) is 24.3 Å². The Morgan fingerprint density at radius 3 is 2.76 bits per heavy atom. The second-order valence-corrected chi connectivity index (χ2v) is 8.04. The fraction of sp³-hybridized carbons (Fsp3) is 0.250. The highest BCUT2D eigenvalue weighted by Crippen LogP contribution is 2.48. The van der Waals surface area contributed by atoms with Crippen molar-refractivity contribution in [3.05, 3.63) is 64.3 Å². The van der Waals surface area contributed by atoms with Crippen molar-refractivity contribution < 1.29 is 4.79 Å². The predicted octanol–water partition coefficient (Wildman–Crippen LogP) is 3.94. The number of aromatic amines is 1. The van der Waals surface area contributed by atoms with Gasteiger partial charge in [-0.1, -0.05) is 29.8 Å². The zero-order chi connectivity index (χ0) is 17.4. The van der Waals surface area contributed by atoms with Crippen molar-refractivity contribution in [2.24, 2.45) is 0 Å². The highest BCUT2D eigenvalue weighted by Gasteiger charge is 2.55. The Kier molecular flexibility index (Phi) is 2.79. The number of carbonyl (C=O) groups is 1. The molecule has 3 aromatic rings. The van der Waals surface area contributed by atoms with E-state index in [-0.39, 0.29) is 11.4 Å². The number of fused-ring (bicyclic) bond motifs is 6. The van der Waals surface area contributed by atoms with Gasteiger partial charge in [0, 0.05) is 32.7 Å². The van der Waals surface area contributed by atoms with Gasteiger partial charge < -0.3 is 10.3 Å². The fourth-order valence-corrected chi connectivity index (χ4v) is 4.58. The molecule has 1 amide bonds. The Morgan fingerprint density at radius 2 is 1.92 bits per heavy atom. The summed E-state index contributed by atoms with van der Waals surface area (Å²) in [6.45, 7) is 4.27. The maximum atomic E-state index is 13.2. The summed E-state index contributed by atoms with van der Waals surface area (Å²) in [7, 11) is 0. The van der Waals surface area contributed by atoms with Gasteiger partial charge in [0.1, 0.15) is 0 Å². The molecule has 126 valence electrons. The number of H-pyrrole nitrogens is 1. The summed E-state index contributed by atoms with van der Waals surface area (Å²) in [6.07, 6.45) is 0.845. The van der Waals surface area contributed by atoms with E-state index in [1.54, 1.807) is 6.07 Å². The average Bonchev–Trinajstić information content (AvgIpc) is 3.05. The lowest BCUT2D eigenvalue weighted by atomic mass is 9.76. The standard InChI is InChI=1S/C20H18ClN3O/c1-19(2)10-13-12-5-3-4-6-15(12)22-17(13)20(24-19)14-9-11(21)7-8-16(14)23-18(20)25/h3-9,22,24H,10H2,1-2H3,(H,23,25). The van der Waals surface area contributed by atoms with Gasteiger partial charge in [0.25, 0.3) is 5.91 Å². The molecular weight excluding hydrogens is 334 g/mol. The Hall–Kier alpha value is -2.30. The van der Waals surface area contributed by atoms with E-state index >= 15 is 0 Å². The second-order valence-electron chi connectivity index (χ2n) is 7.60. The Labute approximate surface area is 150 Å². The zero-order valence-electron chi connectivity index (χ0n) is 14.0. The molecular formula is C20H18ClN3O. The number of rotatable bonds is 0. The van der Waals surface area contributed by atoms with Crippen molar-refractivity contribution in [2.45, 2.75) is 31.3 Å². The molecule has 2 aromatic carbocycles. The first-order valence-electron chi connectivity index (χ1n) is 8.42. The lowest BCUT2D eigenvalue weighted by Crippen LogP contribution is -2.61. The van der Waals surface area contributed by atoms with E-state index in [9.17, 15) is 4.79 Å². The maximum absolute atomic E-state index is 13.2. The van der Waals surface area contributed by atoms with Gasteiger partial charge >= 0.3 is 0 Å². The van der Waals surface area contributed by atoms with E-state index in [0.29, 0.717) is 5.02 Å². The summed E-state index contributed by atoms with van der Waals surface area (Å²) in [5.41, 5.74) is 3.67. The number of halogens is 1. The molecule has 2 aliphatic rings. The minimum absolute atomic E-state index is 0.0645. The summed E-state index contributed by atoms with van der Waals surface area (Å²) in [5.74, 6) is -0.0645. The lowest BCUT2D eigenvalue weighted by Gasteiger charge is -2.43. The number of benzene rings is 2. The van der Waals surface area contributed by atoms with Crippen LogP contribution in [0.1, 0.15) is 30.7 Å². The number of hydrogen-bond donors (Lipinski definition) is 3. The molecule has 1 unspecified atom stereocenters. The molecule has 0 fully saturated rings. The summed E-state index contributed by atoms with van der Waals surface area (Å²) in [5, 5.41) is 8.44. The van der Waals surface area contributed by atoms with Crippen LogP contribution in [0.25, 0.3) is 10.9 Å². The quantitative estimate of drug-likeness (QED) is 0.574. The monoisotopic (exact) mass is 351 g/mol. The summed E-state index contributed by atoms with van der Waals surface area (Å²) in [6, 6.07) is 13.8. The number of carbonyl (C=O) groups excluding carboxylic acids is 1. The van der Waals surface area contributed by atoms with Crippen molar-refractivity contribution in [3.8, 4) is 0 Å². The molecule has 0 bridgehead atoms. The third kappa shape index (κ3) is 1.89. The third-order valence-electron chi connectivity index (χ3n) is 5.31. The molecule has 2 aliphatic heterocycles. The number of para-hydroxylation sites is 1. The van der Waals surface area contributed by atoms with E-state index in [1.165, 1.54) is 10.9 Å². The first-order valence-corrected chi connectivity index (χ1v) is 8.79. The van der Waals surface area contributed by atoms with Gasteiger partial charge in [0.15, 0.2) is 5.54 Å². The van der Waals surface area contributed by atoms with E-state index < -0.39 is 5.54 Å². The molecule has 0 radical (unpaired) electrons. The average molecular weight is 352 g/mol. The minimum atomic E-state index is -0.948. The molecule has 0 aliphatic carbocycles. The van der Waals surface area contributed by atoms with Crippen LogP contribution in [-0.2, 0) is 16.8 Å². The van der Waals surface area contributed by atoms with Crippen molar-refractivity contribution in [2.75, 3.05) is 5.32 Å². The topological polar surface area (TPSA) is 56.9 Å². The largest absolute Gasteiger partial charge is 0.356 e. The van der Waals surface area contributed by atoms with Gasteiger partial charge in [-0.15, -0.1) is 0 Å². The molecule has 1 spiro atoms. The van der Waals surface area contributed by atoms with Crippen LogP contribution in [0.2, 0.25) is 5.02 Å². The van der Waals surface area contributed by atoms with Gasteiger partial charge in [-0.3, -0.25) is 10.1 Å². The molecule has 0 saturated heterocycles. The van der Waals surface area contributed by atoms with Gasteiger partial charge in [-0.25, -0.2) is 0 Å². The smallest absolute Gasteiger partial charge is 0.255 e. The second kappa shape index (κ2) is 4.65. The molecule has 5 rings (SSSR count). The highest BCUT2D eigenvalue weighted by atomic mass is 35.5. The van der Waals surface area contributed by atoms with Crippen LogP contribution in [-0.4, -0.2) is 16.4 Å². The Bertz CT molecular complexity index is 1050. The molecule has 5 heteroatoms. The van der Waals surface area contributed by atoms with Crippen LogP contribution >= 0.6 is 11.6 Å². The molecule has 25 heavy (non-hydrogen) atoms. The number of aromatic nitrogens is 1. The van der Waals surface area contributed by atoms with Crippen molar-refractivity contribution >= 4 is 34.1 Å². The maximum Gasteiger partial charge on any atom is 0.255 e. The van der Waals surface area contributed by atoms with Gasteiger partial charge in [-0.05, 0) is 50.1 Å². The minimum Gasteiger partial charge on any atom is -0.356 e. The van der Waals surface area contributed by atoms with Crippen LogP contribution in [0.15, 0.2) is 42.5 Å². The van der Waals surface area contributed by atoms with Crippen LogP contribution in [0, 0.1) is 0 Å². The van der Waals surface area contributed by atoms with E-state index in [0.717, 1.165) is 28.9 Å². The van der Waals surface area contributed by atoms with Crippen LogP contribution < -0.4 is 10.6 Å². The normalized spacial score (nSPS) is 23.6. The van der Waals surface area contributed by atoms with Crippen molar-refractivity contribution in [1.29, 1.82) is 0 Å². The molecule has 4 nitrogen and oxygen atoms in total. The molecule has 1 aromatic heterocycles. The molecule has 3 N–H and O–H groups in total. The zero-order valence-corrected chi connectivity index (χ0v) is 14.8. The van der Waals surface area contributed by atoms with E-state index in [2.05, 4.69) is 41.6 Å². The predicted molar refractivity (Wildman–Crippen MR) is 100 cm³/mol. The number of amides is 1. The molecule has 3 heterocycles. The SMILES string of the molecule is CC1(C)Cc2c([nH]c3ccccc23)C2(N1)C(=O)Nc1ccc(Cl)cc12. The van der Waals surface area contributed by atoms with Crippen molar-refractivity contribution in [1.82, 2.24) is 10.3 Å². The Morgan fingerprint density at radius 1 is 1.12 bits per heavy atom. The molecule has 1 atom stereocenters. The first kappa shape index (κ1) is 15.0. The number of anilines is 1. The third-order valence-corrected chi connectivity index (χ3v) is 5.54. The molecule has 0 saturated carbocycles. The van der Waals surface area contributed by atoms with Crippen molar-refractivity contribution in [3.63, 3.8) is 0 Å². The Balaban J connectivity index is 1.90. The van der Waals surface area contributed by atoms with E-state index in [4.69, 9.17) is 11.6 Å². The lowest BCUT2D eigenvalue weighted by molar-refractivity contribution is -0.121. The summed E-state index contributed by atoms with van der Waals surface area (Å²) in [4.78, 5) is 16.7. The number of hydrogen-bond acceptors (Lipinski definition) is 2. The van der Waals surface area contributed by atoms with Gasteiger partial charge in [0.2, 0.25) is 0 Å². The van der Waals surface area contributed by atoms with Crippen LogP contribution in [0.3, 0.4) is 0 Å². The van der Waals surface area contributed by atoms with Gasteiger partial charge in [-0.2, -0.15) is 0 Å². The fourth-order valence-electron chi connectivity index (χ4n) is 4.41. The highest BCUT2D eigenvalue weighted by molar-refractivity contribution is 6.31. The number of nitrogens with one attached hydrogen (secondary N) is 3. The van der Waals surface area contributed by atoms with Crippen LogP contribution in [0.4, 0.5) is 5.69 Å².